The second-order valence-corrected chi connectivity index (χ2v) is 9.08. The summed E-state index contributed by atoms with van der Waals surface area (Å²) in [6.45, 7) is 1.38. The van der Waals surface area contributed by atoms with Crippen molar-refractivity contribution in [2.24, 2.45) is 0 Å². The third-order valence-electron chi connectivity index (χ3n) is 5.14. The number of hydrogen-bond acceptors (Lipinski definition) is 4. The molecule has 0 saturated heterocycles. The van der Waals surface area contributed by atoms with E-state index in [2.05, 4.69) is 10.4 Å². The van der Waals surface area contributed by atoms with Gasteiger partial charge in [0.25, 0.3) is 10.0 Å². The van der Waals surface area contributed by atoms with Crippen molar-refractivity contribution >= 4 is 38.2 Å². The van der Waals surface area contributed by atoms with E-state index in [1.165, 1.54) is 16.8 Å². The van der Waals surface area contributed by atoms with E-state index in [1.54, 1.807) is 49.4 Å². The molecule has 3 aromatic carbocycles. The first-order chi connectivity index (χ1) is 14.8. The average molecular weight is 436 g/mol. The number of nitrogens with one attached hydrogen (secondary N) is 1. The smallest absolute Gasteiger partial charge is 0.265 e. The summed E-state index contributed by atoms with van der Waals surface area (Å²) in [5, 5.41) is 8.48. The van der Waals surface area contributed by atoms with Crippen LogP contribution in [0.25, 0.3) is 16.5 Å². The monoisotopic (exact) mass is 436 g/mol. The SMILES string of the molecule is Cc1cc(NC(=O)CN2c3cccc4cccc(c34)S2(=O)=O)n(-c2ccc(F)cc2)n1. The number of halogens is 1. The largest absolute Gasteiger partial charge is 0.309 e. The molecule has 0 fully saturated rings. The van der Waals surface area contributed by atoms with E-state index in [0.29, 0.717) is 28.3 Å². The molecule has 0 unspecified atom stereocenters. The van der Waals surface area contributed by atoms with E-state index in [0.717, 1.165) is 9.69 Å². The highest BCUT2D eigenvalue weighted by Gasteiger charge is 2.36. The molecule has 1 aliphatic rings. The molecule has 0 spiro atoms. The van der Waals surface area contributed by atoms with Crippen LogP contribution in [-0.4, -0.2) is 30.7 Å². The third kappa shape index (κ3) is 3.14. The fourth-order valence-corrected chi connectivity index (χ4v) is 5.48. The van der Waals surface area contributed by atoms with Gasteiger partial charge >= 0.3 is 0 Å². The van der Waals surface area contributed by atoms with Gasteiger partial charge in [-0.3, -0.25) is 9.10 Å². The zero-order chi connectivity index (χ0) is 21.8. The fraction of sp³-hybridized carbons (Fsp3) is 0.0909. The number of amides is 1. The molecule has 1 amide bonds. The molecule has 0 bridgehead atoms. The van der Waals surface area contributed by atoms with Crippen LogP contribution in [0.1, 0.15) is 5.69 Å². The zero-order valence-electron chi connectivity index (χ0n) is 16.4. The van der Waals surface area contributed by atoms with Crippen LogP contribution in [0.4, 0.5) is 15.9 Å². The molecule has 7 nitrogen and oxygen atoms in total. The van der Waals surface area contributed by atoms with Crippen molar-refractivity contribution in [3.8, 4) is 5.69 Å². The second-order valence-electron chi connectivity index (χ2n) is 7.25. The Bertz CT molecular complexity index is 1440. The summed E-state index contributed by atoms with van der Waals surface area (Å²) in [5.74, 6) is -0.538. The number of nitrogens with zero attached hydrogens (tertiary/aromatic N) is 3. The fourth-order valence-electron chi connectivity index (χ4n) is 3.81. The molecule has 1 aliphatic heterocycles. The summed E-state index contributed by atoms with van der Waals surface area (Å²) in [5.41, 5.74) is 1.69. The standard InChI is InChI=1S/C22H17FN4O3S/c1-14-12-20(27(25-14)17-10-8-16(23)9-11-17)24-21(28)13-26-18-6-2-4-15-5-3-7-19(22(15)18)31(26,29)30/h2-12H,13H2,1H3,(H,24,28). The maximum Gasteiger partial charge on any atom is 0.265 e. The van der Waals surface area contributed by atoms with E-state index in [4.69, 9.17) is 0 Å². The van der Waals surface area contributed by atoms with E-state index >= 15 is 0 Å². The maximum atomic E-state index is 13.3. The highest BCUT2D eigenvalue weighted by Crippen LogP contribution is 2.41. The summed E-state index contributed by atoms with van der Waals surface area (Å²) in [6.07, 6.45) is 0. The first-order valence-corrected chi connectivity index (χ1v) is 11.0. The number of carbonyl (C=O) groups excluding carboxylic acids is 1. The van der Waals surface area contributed by atoms with Crippen LogP contribution < -0.4 is 9.62 Å². The first kappa shape index (κ1) is 19.3. The number of benzene rings is 3. The molecule has 0 saturated carbocycles. The van der Waals surface area contributed by atoms with Crippen LogP contribution in [-0.2, 0) is 14.8 Å². The Morgan fingerprint density at radius 2 is 1.77 bits per heavy atom. The predicted molar refractivity (Wildman–Crippen MR) is 115 cm³/mol. The Morgan fingerprint density at radius 1 is 1.06 bits per heavy atom. The molecule has 1 aromatic heterocycles. The topological polar surface area (TPSA) is 84.3 Å². The lowest BCUT2D eigenvalue weighted by Crippen LogP contribution is -2.35. The molecule has 0 atom stereocenters. The zero-order valence-corrected chi connectivity index (χ0v) is 17.2. The summed E-state index contributed by atoms with van der Waals surface area (Å²) in [4.78, 5) is 13.1. The molecule has 2 heterocycles. The van der Waals surface area contributed by atoms with Crippen LogP contribution >= 0.6 is 0 Å². The van der Waals surface area contributed by atoms with Crippen LogP contribution in [0.5, 0.6) is 0 Å². The number of hydrogen-bond donors (Lipinski definition) is 1. The summed E-state index contributed by atoms with van der Waals surface area (Å²) in [7, 11) is -3.84. The summed E-state index contributed by atoms with van der Waals surface area (Å²) < 4.78 is 42.0. The van der Waals surface area contributed by atoms with Crippen LogP contribution in [0, 0.1) is 12.7 Å². The van der Waals surface area contributed by atoms with Gasteiger partial charge in [-0.05, 0) is 48.7 Å². The third-order valence-corrected chi connectivity index (χ3v) is 6.94. The Balaban J connectivity index is 1.45. The quantitative estimate of drug-likeness (QED) is 0.530. The van der Waals surface area contributed by atoms with Gasteiger partial charge in [0.15, 0.2) is 0 Å². The number of rotatable bonds is 4. The molecule has 9 heteroatoms. The lowest BCUT2D eigenvalue weighted by atomic mass is 10.1. The van der Waals surface area contributed by atoms with Gasteiger partial charge in [-0.2, -0.15) is 5.10 Å². The van der Waals surface area contributed by atoms with Crippen molar-refractivity contribution in [1.82, 2.24) is 9.78 Å². The first-order valence-electron chi connectivity index (χ1n) is 9.51. The van der Waals surface area contributed by atoms with E-state index in [9.17, 15) is 17.6 Å². The lowest BCUT2D eigenvalue weighted by Gasteiger charge is -2.18. The minimum atomic E-state index is -3.84. The number of sulfonamides is 1. The molecule has 5 rings (SSSR count). The maximum absolute atomic E-state index is 13.3. The summed E-state index contributed by atoms with van der Waals surface area (Å²) >= 11 is 0. The van der Waals surface area contributed by atoms with Gasteiger partial charge in [-0.15, -0.1) is 0 Å². The Morgan fingerprint density at radius 3 is 2.52 bits per heavy atom. The van der Waals surface area contributed by atoms with Crippen molar-refractivity contribution in [3.05, 3.63) is 78.2 Å². The number of aromatic nitrogens is 2. The van der Waals surface area contributed by atoms with Crippen molar-refractivity contribution in [1.29, 1.82) is 0 Å². The minimum absolute atomic E-state index is 0.195. The van der Waals surface area contributed by atoms with Crippen molar-refractivity contribution < 1.29 is 17.6 Å². The van der Waals surface area contributed by atoms with Crippen LogP contribution in [0.2, 0.25) is 0 Å². The van der Waals surface area contributed by atoms with Gasteiger partial charge < -0.3 is 5.32 Å². The van der Waals surface area contributed by atoms with E-state index < -0.39 is 15.9 Å². The van der Waals surface area contributed by atoms with Gasteiger partial charge in [-0.1, -0.05) is 24.3 Å². The molecular weight excluding hydrogens is 419 g/mol. The minimum Gasteiger partial charge on any atom is -0.309 e. The number of anilines is 2. The normalized spacial score (nSPS) is 14.2. The highest BCUT2D eigenvalue weighted by atomic mass is 32.2. The Hall–Kier alpha value is -3.72. The van der Waals surface area contributed by atoms with Crippen LogP contribution in [0.3, 0.4) is 0 Å². The van der Waals surface area contributed by atoms with Crippen molar-refractivity contribution in [2.45, 2.75) is 11.8 Å². The molecular formula is C22H17FN4O3S. The van der Waals surface area contributed by atoms with Gasteiger partial charge in [0.05, 0.1) is 22.0 Å². The highest BCUT2D eigenvalue weighted by molar-refractivity contribution is 7.93. The van der Waals surface area contributed by atoms with Gasteiger partial charge in [0, 0.05) is 11.5 Å². The molecule has 0 aliphatic carbocycles. The molecule has 1 N–H and O–H groups in total. The van der Waals surface area contributed by atoms with Crippen LogP contribution in [0.15, 0.2) is 71.6 Å². The Kier molecular flexibility index (Phi) is 4.30. The Labute approximate surface area is 177 Å². The van der Waals surface area contributed by atoms with E-state index in [-0.39, 0.29) is 17.3 Å². The van der Waals surface area contributed by atoms with Gasteiger partial charge in [-0.25, -0.2) is 17.5 Å². The van der Waals surface area contributed by atoms with Crippen molar-refractivity contribution in [2.75, 3.05) is 16.2 Å². The average Bonchev–Trinajstić information content (AvgIpc) is 3.20. The molecule has 31 heavy (non-hydrogen) atoms. The van der Waals surface area contributed by atoms with Gasteiger partial charge in [0.1, 0.15) is 18.2 Å². The van der Waals surface area contributed by atoms with Gasteiger partial charge in [0.2, 0.25) is 5.91 Å². The van der Waals surface area contributed by atoms with E-state index in [1.807, 2.05) is 12.1 Å². The second kappa shape index (κ2) is 6.92. The number of aryl methyl sites for hydroxylation is 1. The lowest BCUT2D eigenvalue weighted by molar-refractivity contribution is -0.114. The van der Waals surface area contributed by atoms with Crippen molar-refractivity contribution in [3.63, 3.8) is 0 Å². The summed E-state index contributed by atoms with van der Waals surface area (Å²) in [6, 6.07) is 17.7. The molecule has 4 aromatic rings. The number of carbonyl (C=O) groups is 1. The predicted octanol–water partition coefficient (Wildman–Crippen LogP) is 3.62. The molecule has 0 radical (unpaired) electrons. The molecule has 156 valence electrons.